The van der Waals surface area contributed by atoms with Crippen molar-refractivity contribution < 1.29 is 17.9 Å². The van der Waals surface area contributed by atoms with Crippen molar-refractivity contribution in [3.63, 3.8) is 0 Å². The zero-order valence-corrected chi connectivity index (χ0v) is 20.5. The first kappa shape index (κ1) is 25.7. The van der Waals surface area contributed by atoms with E-state index < -0.39 is 10.0 Å². The van der Waals surface area contributed by atoms with E-state index in [9.17, 15) is 13.2 Å². The molecule has 0 heterocycles. The Bertz CT molecular complexity index is 989. The smallest absolute Gasteiger partial charge is 0.232 e. The normalized spacial score (nSPS) is 11.2. The molecule has 0 atom stereocenters. The van der Waals surface area contributed by atoms with Crippen LogP contribution in [0.3, 0.4) is 0 Å². The van der Waals surface area contributed by atoms with E-state index >= 15 is 0 Å². The topological polar surface area (TPSA) is 75.7 Å². The number of nitrogens with one attached hydrogen (secondary N) is 1. The lowest BCUT2D eigenvalue weighted by Gasteiger charge is -2.24. The third-order valence-electron chi connectivity index (χ3n) is 5.39. The Kier molecular flexibility index (Phi) is 10.0. The molecular weight excluding hydrogens is 424 g/mol. The molecule has 7 heteroatoms. The molecule has 0 aliphatic carbocycles. The zero-order valence-electron chi connectivity index (χ0n) is 19.7. The highest BCUT2D eigenvalue weighted by Crippen LogP contribution is 2.25. The van der Waals surface area contributed by atoms with Crippen LogP contribution in [0.1, 0.15) is 49.3 Å². The van der Waals surface area contributed by atoms with Crippen molar-refractivity contribution in [2.75, 3.05) is 30.3 Å². The summed E-state index contributed by atoms with van der Waals surface area (Å²) in [6.45, 7) is 7.50. The van der Waals surface area contributed by atoms with E-state index in [-0.39, 0.29) is 18.9 Å². The number of sulfonamides is 1. The molecule has 0 saturated carbocycles. The van der Waals surface area contributed by atoms with Crippen LogP contribution in [-0.4, -0.2) is 40.3 Å². The second-order valence-corrected chi connectivity index (χ2v) is 9.97. The molecule has 0 aliphatic rings. The number of carbonyl (C=O) groups excluding carboxylic acids is 1. The van der Waals surface area contributed by atoms with Crippen LogP contribution in [0, 0.1) is 13.8 Å². The van der Waals surface area contributed by atoms with Gasteiger partial charge in [0.25, 0.3) is 0 Å². The molecule has 0 aliphatic heterocycles. The van der Waals surface area contributed by atoms with Crippen molar-refractivity contribution in [3.8, 4) is 5.75 Å². The minimum atomic E-state index is -3.43. The van der Waals surface area contributed by atoms with Crippen LogP contribution >= 0.6 is 0 Å². The van der Waals surface area contributed by atoms with Crippen LogP contribution < -0.4 is 14.4 Å². The number of ether oxygens (including phenoxy) is 1. The second kappa shape index (κ2) is 12.5. The lowest BCUT2D eigenvalue weighted by atomic mass is 10.1. The van der Waals surface area contributed by atoms with E-state index in [1.165, 1.54) is 10.6 Å². The summed E-state index contributed by atoms with van der Waals surface area (Å²) in [6, 6.07) is 13.6. The molecule has 0 bridgehead atoms. The number of nitrogens with zero attached hydrogens (tertiary/aromatic N) is 1. The van der Waals surface area contributed by atoms with Crippen LogP contribution in [0.2, 0.25) is 0 Å². The SMILES string of the molecule is CCCOc1ccccc1CCCNC(=O)CCCN(c1cccc(C)c1C)S(C)(=O)=O. The Morgan fingerprint density at radius 2 is 1.81 bits per heavy atom. The maximum atomic E-state index is 12.3. The summed E-state index contributed by atoms with van der Waals surface area (Å²) in [5.74, 6) is 0.850. The van der Waals surface area contributed by atoms with Crippen molar-refractivity contribution in [2.24, 2.45) is 0 Å². The lowest BCUT2D eigenvalue weighted by molar-refractivity contribution is -0.121. The zero-order chi connectivity index (χ0) is 23.6. The van der Waals surface area contributed by atoms with Crippen molar-refractivity contribution in [1.29, 1.82) is 0 Å². The first-order valence-electron chi connectivity index (χ1n) is 11.3. The Morgan fingerprint density at radius 1 is 1.06 bits per heavy atom. The quantitative estimate of drug-likeness (QED) is 0.450. The van der Waals surface area contributed by atoms with Gasteiger partial charge in [0.15, 0.2) is 0 Å². The number of hydrogen-bond acceptors (Lipinski definition) is 4. The van der Waals surface area contributed by atoms with E-state index in [0.29, 0.717) is 25.3 Å². The molecule has 1 amide bonds. The summed E-state index contributed by atoms with van der Waals surface area (Å²) in [7, 11) is -3.43. The molecule has 0 saturated heterocycles. The summed E-state index contributed by atoms with van der Waals surface area (Å²) < 4.78 is 31.8. The molecule has 0 radical (unpaired) electrons. The highest BCUT2D eigenvalue weighted by Gasteiger charge is 2.19. The molecule has 2 aromatic rings. The fourth-order valence-electron chi connectivity index (χ4n) is 3.51. The van der Waals surface area contributed by atoms with Gasteiger partial charge in [0, 0.05) is 19.5 Å². The van der Waals surface area contributed by atoms with Gasteiger partial charge in [-0.15, -0.1) is 0 Å². The minimum Gasteiger partial charge on any atom is -0.493 e. The van der Waals surface area contributed by atoms with E-state index in [2.05, 4.69) is 18.3 Å². The van der Waals surface area contributed by atoms with Gasteiger partial charge >= 0.3 is 0 Å². The van der Waals surface area contributed by atoms with Gasteiger partial charge in [0.05, 0.1) is 18.6 Å². The van der Waals surface area contributed by atoms with Crippen LogP contribution in [0.4, 0.5) is 5.69 Å². The predicted molar refractivity (Wildman–Crippen MR) is 131 cm³/mol. The average molecular weight is 461 g/mol. The Hall–Kier alpha value is -2.54. The summed E-state index contributed by atoms with van der Waals surface area (Å²) in [4.78, 5) is 12.2. The van der Waals surface area contributed by atoms with Crippen LogP contribution in [0.15, 0.2) is 42.5 Å². The number of hydrogen-bond donors (Lipinski definition) is 1. The minimum absolute atomic E-state index is 0.0602. The van der Waals surface area contributed by atoms with Crippen LogP contribution in [0.5, 0.6) is 5.75 Å². The maximum absolute atomic E-state index is 12.3. The van der Waals surface area contributed by atoms with Gasteiger partial charge in [-0.2, -0.15) is 0 Å². The number of para-hydroxylation sites is 1. The summed E-state index contributed by atoms with van der Waals surface area (Å²) in [5, 5.41) is 2.94. The number of rotatable bonds is 13. The third-order valence-corrected chi connectivity index (χ3v) is 6.57. The molecule has 0 aromatic heterocycles. The monoisotopic (exact) mass is 460 g/mol. The van der Waals surface area contributed by atoms with Crippen molar-refractivity contribution in [1.82, 2.24) is 5.32 Å². The highest BCUT2D eigenvalue weighted by molar-refractivity contribution is 7.92. The van der Waals surface area contributed by atoms with Gasteiger partial charge in [-0.3, -0.25) is 9.10 Å². The number of carbonyl (C=O) groups is 1. The standard InChI is InChI=1S/C25H36N2O4S/c1-5-19-31-24-15-7-6-12-22(24)13-9-17-26-25(28)16-10-18-27(32(4,29)30)23-14-8-11-20(2)21(23)3/h6-8,11-12,14-15H,5,9-10,13,16-19H2,1-4H3,(H,26,28). The Labute approximate surface area is 193 Å². The fraction of sp³-hybridized carbons (Fsp3) is 0.480. The second-order valence-electron chi connectivity index (χ2n) is 8.07. The molecule has 0 fully saturated rings. The number of benzene rings is 2. The number of aryl methyl sites for hydroxylation is 2. The molecule has 0 unspecified atom stereocenters. The number of anilines is 1. The van der Waals surface area contributed by atoms with E-state index in [1.807, 2.05) is 50.2 Å². The Balaban J connectivity index is 1.80. The molecular formula is C25H36N2O4S. The molecule has 176 valence electrons. The number of amides is 1. The van der Waals surface area contributed by atoms with Gasteiger partial charge in [-0.25, -0.2) is 8.42 Å². The maximum Gasteiger partial charge on any atom is 0.232 e. The highest BCUT2D eigenvalue weighted by atomic mass is 32.2. The molecule has 2 aromatic carbocycles. The van der Waals surface area contributed by atoms with E-state index in [4.69, 9.17) is 4.74 Å². The summed E-state index contributed by atoms with van der Waals surface area (Å²) in [5.41, 5.74) is 3.80. The van der Waals surface area contributed by atoms with Crippen LogP contribution in [0.25, 0.3) is 0 Å². The van der Waals surface area contributed by atoms with Gasteiger partial charge in [-0.1, -0.05) is 37.3 Å². The molecule has 2 rings (SSSR count). The Morgan fingerprint density at radius 3 is 2.53 bits per heavy atom. The third kappa shape index (κ3) is 7.86. The van der Waals surface area contributed by atoms with E-state index in [1.54, 1.807) is 0 Å². The first-order valence-corrected chi connectivity index (χ1v) is 13.1. The molecule has 6 nitrogen and oxygen atoms in total. The molecule has 1 N–H and O–H groups in total. The largest absolute Gasteiger partial charge is 0.493 e. The molecule has 0 spiro atoms. The average Bonchev–Trinajstić information content (AvgIpc) is 2.75. The fourth-order valence-corrected chi connectivity index (χ4v) is 4.53. The first-order chi connectivity index (χ1) is 15.2. The van der Waals surface area contributed by atoms with Gasteiger partial charge in [-0.05, 0) is 68.4 Å². The summed E-state index contributed by atoms with van der Waals surface area (Å²) >= 11 is 0. The van der Waals surface area contributed by atoms with Crippen molar-refractivity contribution in [3.05, 3.63) is 59.2 Å². The van der Waals surface area contributed by atoms with Crippen molar-refractivity contribution >= 4 is 21.6 Å². The predicted octanol–water partition coefficient (Wildman–Crippen LogP) is 4.39. The molecule has 32 heavy (non-hydrogen) atoms. The van der Waals surface area contributed by atoms with Crippen LogP contribution in [-0.2, 0) is 21.2 Å². The van der Waals surface area contributed by atoms with Gasteiger partial charge in [0.1, 0.15) is 5.75 Å². The van der Waals surface area contributed by atoms with Gasteiger partial charge in [0.2, 0.25) is 15.9 Å². The van der Waals surface area contributed by atoms with Gasteiger partial charge < -0.3 is 10.1 Å². The lowest BCUT2D eigenvalue weighted by Crippen LogP contribution is -2.33. The van der Waals surface area contributed by atoms with Crippen molar-refractivity contribution in [2.45, 2.75) is 52.9 Å². The van der Waals surface area contributed by atoms with E-state index in [0.717, 1.165) is 41.7 Å². The summed E-state index contributed by atoms with van der Waals surface area (Å²) in [6.07, 6.45) is 4.55.